The molecule has 2 aromatic rings. The van der Waals surface area contributed by atoms with Crippen molar-refractivity contribution in [2.45, 2.75) is 31.7 Å². The van der Waals surface area contributed by atoms with Crippen molar-refractivity contribution < 1.29 is 14.3 Å². The molecule has 0 bridgehead atoms. The Morgan fingerprint density at radius 3 is 2.35 bits per heavy atom. The predicted molar refractivity (Wildman–Crippen MR) is 149 cm³/mol. The Labute approximate surface area is 230 Å². The van der Waals surface area contributed by atoms with Gasteiger partial charge >= 0.3 is 0 Å². The maximum atomic E-state index is 13.7. The normalized spacial score (nSPS) is 21.5. The Morgan fingerprint density at radius 1 is 1.03 bits per heavy atom. The van der Waals surface area contributed by atoms with Crippen LogP contribution in [0.2, 0.25) is 5.02 Å². The number of carbonyl (C=O) groups excluding carboxylic acids is 2. The highest BCUT2D eigenvalue weighted by Crippen LogP contribution is 2.32. The zero-order valence-electron chi connectivity index (χ0n) is 21.6. The van der Waals surface area contributed by atoms with Crippen LogP contribution in [0.25, 0.3) is 10.9 Å². The summed E-state index contributed by atoms with van der Waals surface area (Å²) >= 11 is 6.11. The van der Waals surface area contributed by atoms with Gasteiger partial charge in [0.15, 0.2) is 0 Å². The maximum Gasteiger partial charge on any atom is 0.268 e. The first-order valence-electron chi connectivity index (χ1n) is 13.3. The van der Waals surface area contributed by atoms with Gasteiger partial charge in [0.1, 0.15) is 11.7 Å². The van der Waals surface area contributed by atoms with Gasteiger partial charge in [-0.05, 0) is 81.9 Å². The van der Waals surface area contributed by atoms with Crippen LogP contribution in [0, 0.1) is 11.8 Å². The summed E-state index contributed by atoms with van der Waals surface area (Å²) in [4.78, 5) is 36.7. The second-order valence-electron chi connectivity index (χ2n) is 10.7. The third-order valence-corrected chi connectivity index (χ3v) is 8.49. The molecule has 3 aliphatic rings. The van der Waals surface area contributed by atoms with Gasteiger partial charge < -0.3 is 24.8 Å². The number of aromatic nitrogens is 1. The zero-order chi connectivity index (χ0) is 25.1. The number of hydrogen-bond acceptors (Lipinski definition) is 5. The number of nitrogens with one attached hydrogen (secondary N) is 2. The Balaban J connectivity index is 0.00000320. The van der Waals surface area contributed by atoms with E-state index in [4.69, 9.17) is 16.3 Å². The van der Waals surface area contributed by atoms with Crippen molar-refractivity contribution in [1.82, 2.24) is 25.0 Å². The Bertz CT molecular complexity index is 1060. The average molecular weight is 553 g/mol. The summed E-state index contributed by atoms with van der Waals surface area (Å²) in [5.74, 6) is 1.23. The van der Waals surface area contributed by atoms with Crippen molar-refractivity contribution in [1.29, 1.82) is 0 Å². The molecule has 2 N–H and O–H groups in total. The van der Waals surface area contributed by atoms with Crippen molar-refractivity contribution in [2.24, 2.45) is 11.8 Å². The Morgan fingerprint density at radius 2 is 1.68 bits per heavy atom. The number of aromatic amines is 1. The van der Waals surface area contributed by atoms with Crippen LogP contribution >= 0.6 is 24.0 Å². The van der Waals surface area contributed by atoms with Gasteiger partial charge in [0.05, 0.1) is 13.2 Å². The molecule has 204 valence electrons. The monoisotopic (exact) mass is 551 g/mol. The molecule has 37 heavy (non-hydrogen) atoms. The highest BCUT2D eigenvalue weighted by molar-refractivity contribution is 6.31. The number of carbonyl (C=O) groups is 2. The molecule has 10 heteroatoms. The van der Waals surface area contributed by atoms with Crippen molar-refractivity contribution in [2.75, 3.05) is 66.1 Å². The van der Waals surface area contributed by atoms with Crippen molar-refractivity contribution in [3.63, 3.8) is 0 Å². The van der Waals surface area contributed by atoms with E-state index in [-0.39, 0.29) is 24.2 Å². The highest BCUT2D eigenvalue weighted by Gasteiger charge is 2.34. The van der Waals surface area contributed by atoms with Gasteiger partial charge in [-0.3, -0.25) is 14.5 Å². The number of benzene rings is 1. The number of morpholine rings is 1. The number of ether oxygens (including phenoxy) is 1. The fraction of sp³-hybridized carbons (Fsp3) is 0.630. The van der Waals surface area contributed by atoms with Crippen LogP contribution in [0.3, 0.4) is 0 Å². The van der Waals surface area contributed by atoms with E-state index < -0.39 is 6.04 Å². The lowest BCUT2D eigenvalue weighted by Gasteiger charge is -2.40. The SMILES string of the molecule is CN1CCC(C2CCN(C(=O)[C@@H](CN3CCOCC3)NC(=O)c3cc4cc(Cl)ccc4[nH]3)CC2)CC1.Cl. The summed E-state index contributed by atoms with van der Waals surface area (Å²) < 4.78 is 5.48. The van der Waals surface area contributed by atoms with E-state index in [0.717, 1.165) is 55.8 Å². The first-order chi connectivity index (χ1) is 17.5. The van der Waals surface area contributed by atoms with Crippen LogP contribution in [0.1, 0.15) is 36.2 Å². The number of nitrogens with zero attached hydrogens (tertiary/aromatic N) is 3. The molecule has 0 radical (unpaired) electrons. The summed E-state index contributed by atoms with van der Waals surface area (Å²) in [6.07, 6.45) is 4.64. The number of hydrogen-bond donors (Lipinski definition) is 2. The molecule has 3 saturated heterocycles. The molecule has 0 saturated carbocycles. The molecule has 0 aliphatic carbocycles. The van der Waals surface area contributed by atoms with Crippen molar-refractivity contribution >= 4 is 46.7 Å². The molecule has 1 aromatic heterocycles. The number of piperidine rings is 2. The topological polar surface area (TPSA) is 80.9 Å². The number of halogens is 2. The van der Waals surface area contributed by atoms with E-state index in [0.29, 0.717) is 36.4 Å². The number of rotatable bonds is 6. The second kappa shape index (κ2) is 12.8. The van der Waals surface area contributed by atoms with Crippen LogP contribution < -0.4 is 5.32 Å². The van der Waals surface area contributed by atoms with E-state index >= 15 is 0 Å². The number of amides is 2. The van der Waals surface area contributed by atoms with Gasteiger partial charge in [-0.25, -0.2) is 0 Å². The van der Waals surface area contributed by atoms with E-state index in [1.165, 1.54) is 25.9 Å². The van der Waals surface area contributed by atoms with E-state index in [1.807, 2.05) is 17.0 Å². The molecular formula is C27H39Cl2N5O3. The highest BCUT2D eigenvalue weighted by atomic mass is 35.5. The smallest absolute Gasteiger partial charge is 0.268 e. The minimum absolute atomic E-state index is 0. The van der Waals surface area contributed by atoms with Gasteiger partial charge in [-0.15, -0.1) is 12.4 Å². The molecular weight excluding hydrogens is 513 g/mol. The second-order valence-corrected chi connectivity index (χ2v) is 11.1. The third kappa shape index (κ3) is 6.98. The van der Waals surface area contributed by atoms with Gasteiger partial charge in [-0.2, -0.15) is 0 Å². The fourth-order valence-electron chi connectivity index (χ4n) is 6.00. The first kappa shape index (κ1) is 28.2. The molecule has 4 heterocycles. The quantitative estimate of drug-likeness (QED) is 0.576. The van der Waals surface area contributed by atoms with Gasteiger partial charge in [0.25, 0.3) is 5.91 Å². The van der Waals surface area contributed by atoms with E-state index in [2.05, 4.69) is 27.1 Å². The molecule has 1 atom stereocenters. The first-order valence-corrected chi connectivity index (χ1v) is 13.7. The standard InChI is InChI=1S/C27H38ClN5O3.ClH/c1-31-8-4-19(5-9-31)20-6-10-33(11-7-20)27(35)25(18-32-12-14-36-15-13-32)30-26(34)24-17-21-16-22(28)2-3-23(21)29-24;/h2-3,16-17,19-20,25,29H,4-15,18H2,1H3,(H,30,34);1H/t25-;/m1./s1. The molecule has 3 aliphatic heterocycles. The summed E-state index contributed by atoms with van der Waals surface area (Å²) in [6.45, 7) is 7.24. The molecule has 0 unspecified atom stereocenters. The maximum absolute atomic E-state index is 13.7. The lowest BCUT2D eigenvalue weighted by Crippen LogP contribution is -2.56. The lowest BCUT2D eigenvalue weighted by atomic mass is 9.79. The van der Waals surface area contributed by atoms with Crippen LogP contribution in [0.5, 0.6) is 0 Å². The van der Waals surface area contributed by atoms with E-state index in [9.17, 15) is 9.59 Å². The lowest BCUT2D eigenvalue weighted by molar-refractivity contribution is -0.135. The van der Waals surface area contributed by atoms with Crippen LogP contribution in [0.4, 0.5) is 0 Å². The summed E-state index contributed by atoms with van der Waals surface area (Å²) in [5.41, 5.74) is 1.28. The van der Waals surface area contributed by atoms with Crippen molar-refractivity contribution in [3.05, 3.63) is 35.0 Å². The molecule has 8 nitrogen and oxygen atoms in total. The number of likely N-dealkylation sites (tertiary alicyclic amines) is 2. The van der Waals surface area contributed by atoms with E-state index in [1.54, 1.807) is 12.1 Å². The van der Waals surface area contributed by atoms with Gasteiger partial charge in [-0.1, -0.05) is 11.6 Å². The predicted octanol–water partition coefficient (Wildman–Crippen LogP) is 3.25. The molecule has 0 spiro atoms. The van der Waals surface area contributed by atoms with Crippen LogP contribution in [0.15, 0.2) is 24.3 Å². The largest absolute Gasteiger partial charge is 0.379 e. The number of fused-ring (bicyclic) bond motifs is 1. The average Bonchev–Trinajstić information content (AvgIpc) is 3.32. The van der Waals surface area contributed by atoms with Crippen molar-refractivity contribution in [3.8, 4) is 0 Å². The van der Waals surface area contributed by atoms with Crippen LogP contribution in [-0.4, -0.2) is 104 Å². The Kier molecular flexibility index (Phi) is 9.75. The summed E-state index contributed by atoms with van der Waals surface area (Å²) in [6, 6.07) is 6.68. The fourth-order valence-corrected chi connectivity index (χ4v) is 6.18. The van der Waals surface area contributed by atoms with Gasteiger partial charge in [0.2, 0.25) is 5.91 Å². The molecule has 2 amide bonds. The minimum Gasteiger partial charge on any atom is -0.379 e. The zero-order valence-corrected chi connectivity index (χ0v) is 23.2. The Hall–Kier alpha value is -1.84. The molecule has 1 aromatic carbocycles. The third-order valence-electron chi connectivity index (χ3n) is 8.26. The number of H-pyrrole nitrogens is 1. The molecule has 3 fully saturated rings. The van der Waals surface area contributed by atoms with Crippen LogP contribution in [-0.2, 0) is 9.53 Å². The summed E-state index contributed by atoms with van der Waals surface area (Å²) in [7, 11) is 2.20. The molecule has 5 rings (SSSR count). The minimum atomic E-state index is -0.592. The van der Waals surface area contributed by atoms with Gasteiger partial charge in [0, 0.05) is 48.6 Å². The summed E-state index contributed by atoms with van der Waals surface area (Å²) in [5, 5.41) is 4.55.